The van der Waals surface area contributed by atoms with Crippen molar-refractivity contribution in [2.24, 2.45) is 5.92 Å². The maximum absolute atomic E-state index is 10.6. The minimum Gasteiger partial charge on any atom is -0.476 e. The Labute approximate surface area is 98.9 Å². The van der Waals surface area contributed by atoms with Crippen molar-refractivity contribution in [2.45, 2.75) is 12.8 Å². The topological polar surface area (TPSA) is 86.5 Å². The van der Waals surface area contributed by atoms with Gasteiger partial charge in [-0.2, -0.15) is 0 Å². The summed E-state index contributed by atoms with van der Waals surface area (Å²) in [6.45, 7) is 1.89. The third kappa shape index (κ3) is 2.71. The van der Waals surface area contributed by atoms with E-state index in [2.05, 4.69) is 15.1 Å². The minimum atomic E-state index is -1.07. The molecule has 92 valence electrons. The number of anilines is 1. The molecular formula is C11H15N3O3. The standard InChI is InChI=1S/C11H15N3O3/c15-7-8-3-5-14(6-4-8)10-2-1-9(11(16)17)12-13-10/h1-2,8,15H,3-7H2,(H,16,17). The van der Waals surface area contributed by atoms with Crippen LogP contribution in [0.15, 0.2) is 12.1 Å². The molecule has 0 bridgehead atoms. The molecular weight excluding hydrogens is 222 g/mol. The number of aliphatic hydroxyl groups is 1. The molecule has 1 saturated heterocycles. The molecule has 0 unspecified atom stereocenters. The Hall–Kier alpha value is -1.69. The molecule has 2 heterocycles. The van der Waals surface area contributed by atoms with Crippen LogP contribution in [-0.2, 0) is 0 Å². The first kappa shape index (κ1) is 11.8. The Morgan fingerprint density at radius 2 is 2.06 bits per heavy atom. The van der Waals surface area contributed by atoms with Crippen molar-refractivity contribution in [1.82, 2.24) is 10.2 Å². The molecule has 0 saturated carbocycles. The quantitative estimate of drug-likeness (QED) is 0.790. The van der Waals surface area contributed by atoms with Crippen LogP contribution in [0, 0.1) is 5.92 Å². The number of nitrogens with zero attached hydrogens (tertiary/aromatic N) is 3. The van der Waals surface area contributed by atoms with E-state index in [9.17, 15) is 4.79 Å². The molecule has 2 rings (SSSR count). The number of aromatic nitrogens is 2. The summed E-state index contributed by atoms with van der Waals surface area (Å²) in [5.74, 6) is 0.00642. The second-order valence-electron chi connectivity index (χ2n) is 4.19. The van der Waals surface area contributed by atoms with Gasteiger partial charge < -0.3 is 15.1 Å². The van der Waals surface area contributed by atoms with Crippen LogP contribution < -0.4 is 4.90 Å². The number of aliphatic hydroxyl groups excluding tert-OH is 1. The smallest absolute Gasteiger partial charge is 0.356 e. The van der Waals surface area contributed by atoms with Crippen molar-refractivity contribution < 1.29 is 15.0 Å². The molecule has 0 aromatic carbocycles. The molecule has 6 heteroatoms. The summed E-state index contributed by atoms with van der Waals surface area (Å²) in [4.78, 5) is 12.7. The predicted molar refractivity (Wildman–Crippen MR) is 61.0 cm³/mol. The number of piperidine rings is 1. The zero-order valence-corrected chi connectivity index (χ0v) is 9.41. The first-order valence-corrected chi connectivity index (χ1v) is 5.63. The first-order chi connectivity index (χ1) is 8.20. The molecule has 0 aliphatic carbocycles. The van der Waals surface area contributed by atoms with Crippen LogP contribution in [0.25, 0.3) is 0 Å². The van der Waals surface area contributed by atoms with Gasteiger partial charge in [0, 0.05) is 19.7 Å². The third-order valence-electron chi connectivity index (χ3n) is 3.07. The lowest BCUT2D eigenvalue weighted by molar-refractivity contribution is 0.0689. The second kappa shape index (κ2) is 5.09. The summed E-state index contributed by atoms with van der Waals surface area (Å²) < 4.78 is 0. The summed E-state index contributed by atoms with van der Waals surface area (Å²) in [7, 11) is 0. The molecule has 1 aliphatic heterocycles. The monoisotopic (exact) mass is 237 g/mol. The Balaban J connectivity index is 2.01. The zero-order valence-electron chi connectivity index (χ0n) is 9.41. The SMILES string of the molecule is O=C(O)c1ccc(N2CCC(CO)CC2)nn1. The van der Waals surface area contributed by atoms with Crippen molar-refractivity contribution in [2.75, 3.05) is 24.6 Å². The molecule has 0 amide bonds. The number of carbonyl (C=O) groups is 1. The molecule has 0 radical (unpaired) electrons. The van der Waals surface area contributed by atoms with E-state index < -0.39 is 5.97 Å². The van der Waals surface area contributed by atoms with Crippen LogP contribution in [0.3, 0.4) is 0 Å². The van der Waals surface area contributed by atoms with Crippen molar-refractivity contribution >= 4 is 11.8 Å². The van der Waals surface area contributed by atoms with Gasteiger partial charge in [-0.15, -0.1) is 10.2 Å². The molecule has 0 atom stereocenters. The summed E-state index contributed by atoms with van der Waals surface area (Å²) in [5.41, 5.74) is -0.0426. The van der Waals surface area contributed by atoms with Gasteiger partial charge in [-0.05, 0) is 30.9 Å². The normalized spacial score (nSPS) is 17.1. The Kier molecular flexibility index (Phi) is 3.53. The maximum Gasteiger partial charge on any atom is 0.356 e. The van der Waals surface area contributed by atoms with Gasteiger partial charge in [0.2, 0.25) is 0 Å². The Morgan fingerprint density at radius 3 is 2.53 bits per heavy atom. The van der Waals surface area contributed by atoms with Crippen LogP contribution in [-0.4, -0.2) is 46.1 Å². The number of carboxylic acids is 1. The van der Waals surface area contributed by atoms with Crippen molar-refractivity contribution in [3.8, 4) is 0 Å². The highest BCUT2D eigenvalue weighted by Gasteiger charge is 2.19. The molecule has 6 nitrogen and oxygen atoms in total. The van der Waals surface area contributed by atoms with Gasteiger partial charge in [0.1, 0.15) is 0 Å². The number of hydrogen-bond acceptors (Lipinski definition) is 5. The third-order valence-corrected chi connectivity index (χ3v) is 3.07. The average molecular weight is 237 g/mol. The van der Waals surface area contributed by atoms with E-state index in [0.717, 1.165) is 25.9 Å². The van der Waals surface area contributed by atoms with Crippen LogP contribution in [0.2, 0.25) is 0 Å². The first-order valence-electron chi connectivity index (χ1n) is 5.63. The van der Waals surface area contributed by atoms with Gasteiger partial charge in [0.25, 0.3) is 0 Å². The lowest BCUT2D eigenvalue weighted by atomic mass is 9.98. The van der Waals surface area contributed by atoms with E-state index in [0.29, 0.717) is 11.7 Å². The van der Waals surface area contributed by atoms with Gasteiger partial charge in [-0.3, -0.25) is 0 Å². The van der Waals surface area contributed by atoms with Gasteiger partial charge in [-0.1, -0.05) is 0 Å². The molecule has 1 aromatic rings. The molecule has 0 spiro atoms. The lowest BCUT2D eigenvalue weighted by Crippen LogP contribution is -2.35. The van der Waals surface area contributed by atoms with E-state index >= 15 is 0 Å². The number of hydrogen-bond donors (Lipinski definition) is 2. The highest BCUT2D eigenvalue weighted by Crippen LogP contribution is 2.20. The van der Waals surface area contributed by atoms with Crippen molar-refractivity contribution in [3.63, 3.8) is 0 Å². The molecule has 1 aromatic heterocycles. The molecule has 17 heavy (non-hydrogen) atoms. The molecule has 1 aliphatic rings. The van der Waals surface area contributed by atoms with Gasteiger partial charge in [0.05, 0.1) is 0 Å². The van der Waals surface area contributed by atoms with Gasteiger partial charge >= 0.3 is 5.97 Å². The fourth-order valence-corrected chi connectivity index (χ4v) is 1.95. The van der Waals surface area contributed by atoms with E-state index in [-0.39, 0.29) is 12.3 Å². The number of rotatable bonds is 3. The second-order valence-corrected chi connectivity index (χ2v) is 4.19. The highest BCUT2D eigenvalue weighted by atomic mass is 16.4. The lowest BCUT2D eigenvalue weighted by Gasteiger charge is -2.31. The van der Waals surface area contributed by atoms with Crippen molar-refractivity contribution in [3.05, 3.63) is 17.8 Å². The van der Waals surface area contributed by atoms with E-state index in [1.807, 2.05) is 0 Å². The molecule has 1 fully saturated rings. The van der Waals surface area contributed by atoms with E-state index in [1.54, 1.807) is 6.07 Å². The van der Waals surface area contributed by atoms with E-state index in [4.69, 9.17) is 10.2 Å². The van der Waals surface area contributed by atoms with Crippen molar-refractivity contribution in [1.29, 1.82) is 0 Å². The van der Waals surface area contributed by atoms with Gasteiger partial charge in [0.15, 0.2) is 11.5 Å². The summed E-state index contributed by atoms with van der Waals surface area (Å²) in [6, 6.07) is 3.14. The van der Waals surface area contributed by atoms with Crippen LogP contribution >= 0.6 is 0 Å². The zero-order chi connectivity index (χ0) is 12.3. The Morgan fingerprint density at radius 1 is 1.35 bits per heavy atom. The highest BCUT2D eigenvalue weighted by molar-refractivity contribution is 5.85. The largest absolute Gasteiger partial charge is 0.476 e. The Bertz CT molecular complexity index is 385. The predicted octanol–water partition coefficient (Wildman–Crippen LogP) is 0.384. The summed E-state index contributed by atoms with van der Waals surface area (Å²) in [5, 5.41) is 25.3. The van der Waals surface area contributed by atoms with Crippen LogP contribution in [0.4, 0.5) is 5.82 Å². The van der Waals surface area contributed by atoms with E-state index in [1.165, 1.54) is 6.07 Å². The van der Waals surface area contributed by atoms with Gasteiger partial charge in [-0.25, -0.2) is 4.79 Å². The average Bonchev–Trinajstić information content (AvgIpc) is 2.39. The van der Waals surface area contributed by atoms with Crippen LogP contribution in [0.1, 0.15) is 23.3 Å². The number of aromatic carboxylic acids is 1. The number of carboxylic acid groups (broad SMARTS) is 1. The van der Waals surface area contributed by atoms with Crippen LogP contribution in [0.5, 0.6) is 0 Å². The fraction of sp³-hybridized carbons (Fsp3) is 0.545. The molecule has 2 N–H and O–H groups in total. The fourth-order valence-electron chi connectivity index (χ4n) is 1.95. The summed E-state index contributed by atoms with van der Waals surface area (Å²) in [6.07, 6.45) is 1.86. The minimum absolute atomic E-state index is 0.0426. The maximum atomic E-state index is 10.6. The summed E-state index contributed by atoms with van der Waals surface area (Å²) >= 11 is 0.